The molecule has 2 aromatic rings. The molecule has 4 nitrogen and oxygen atoms in total. The van der Waals surface area contributed by atoms with Gasteiger partial charge in [0.25, 0.3) is 0 Å². The van der Waals surface area contributed by atoms with Crippen LogP contribution in [0.4, 0.5) is 0 Å². The van der Waals surface area contributed by atoms with Gasteiger partial charge in [-0.05, 0) is 25.3 Å². The molecule has 1 saturated carbocycles. The number of nitrogens with zero attached hydrogens (tertiary/aromatic N) is 2. The minimum Gasteiger partial charge on any atom is -0.311 e. The van der Waals surface area contributed by atoms with Crippen LogP contribution in [-0.4, -0.2) is 22.0 Å². The monoisotopic (exact) mass is 270 g/mol. The van der Waals surface area contributed by atoms with E-state index in [1.807, 2.05) is 18.2 Å². The standard InChI is InChI=1S/C16H22N4/c1-3-7-13(8-4-1)11-17-12-15-16(19-20-18-15)14-9-5-2-6-10-14/h2,5-6,9-10,13,17H,1,3-4,7-8,11-12H2,(H,18,19,20). The molecular weight excluding hydrogens is 248 g/mol. The zero-order valence-corrected chi connectivity index (χ0v) is 11.8. The molecule has 20 heavy (non-hydrogen) atoms. The van der Waals surface area contributed by atoms with Crippen LogP contribution in [0.5, 0.6) is 0 Å². The summed E-state index contributed by atoms with van der Waals surface area (Å²) in [4.78, 5) is 0. The van der Waals surface area contributed by atoms with Gasteiger partial charge in [-0.1, -0.05) is 49.6 Å². The van der Waals surface area contributed by atoms with Crippen LogP contribution in [-0.2, 0) is 6.54 Å². The van der Waals surface area contributed by atoms with Crippen LogP contribution in [0.2, 0.25) is 0 Å². The van der Waals surface area contributed by atoms with Crippen LogP contribution in [0.1, 0.15) is 37.8 Å². The maximum atomic E-state index is 4.28. The molecule has 0 spiro atoms. The second kappa shape index (κ2) is 6.66. The molecule has 4 heteroatoms. The summed E-state index contributed by atoms with van der Waals surface area (Å²) in [5, 5.41) is 14.8. The molecule has 1 aromatic heterocycles. The number of aromatic amines is 1. The summed E-state index contributed by atoms with van der Waals surface area (Å²) in [5.74, 6) is 0.843. The number of hydrogen-bond donors (Lipinski definition) is 2. The summed E-state index contributed by atoms with van der Waals surface area (Å²) in [5.41, 5.74) is 3.09. The Bertz CT molecular complexity index is 514. The van der Waals surface area contributed by atoms with Gasteiger partial charge in [-0.25, -0.2) is 0 Å². The molecule has 3 rings (SSSR count). The quantitative estimate of drug-likeness (QED) is 0.877. The Kier molecular flexibility index (Phi) is 4.43. The van der Waals surface area contributed by atoms with Crippen molar-refractivity contribution in [3.8, 4) is 11.3 Å². The second-order valence-electron chi connectivity index (χ2n) is 5.62. The minimum atomic E-state index is 0.789. The van der Waals surface area contributed by atoms with Crippen molar-refractivity contribution in [3.63, 3.8) is 0 Å². The summed E-state index contributed by atoms with van der Waals surface area (Å²) in [6.45, 7) is 1.89. The van der Waals surface area contributed by atoms with E-state index >= 15 is 0 Å². The fraction of sp³-hybridized carbons (Fsp3) is 0.500. The Hall–Kier alpha value is -1.68. The Morgan fingerprint density at radius 2 is 1.85 bits per heavy atom. The molecule has 0 atom stereocenters. The normalized spacial score (nSPS) is 16.4. The van der Waals surface area contributed by atoms with E-state index in [1.54, 1.807) is 0 Å². The van der Waals surface area contributed by atoms with E-state index in [-0.39, 0.29) is 0 Å². The van der Waals surface area contributed by atoms with Crippen molar-refractivity contribution in [2.45, 2.75) is 38.6 Å². The highest BCUT2D eigenvalue weighted by molar-refractivity contribution is 5.60. The predicted molar refractivity (Wildman–Crippen MR) is 80.1 cm³/mol. The van der Waals surface area contributed by atoms with Gasteiger partial charge in [0.15, 0.2) is 0 Å². The van der Waals surface area contributed by atoms with Gasteiger partial charge in [0, 0.05) is 12.1 Å². The Labute approximate surface area is 120 Å². The highest BCUT2D eigenvalue weighted by Crippen LogP contribution is 2.23. The van der Waals surface area contributed by atoms with E-state index in [0.717, 1.165) is 36.0 Å². The van der Waals surface area contributed by atoms with Crippen LogP contribution in [0.3, 0.4) is 0 Å². The predicted octanol–water partition coefficient (Wildman–Crippen LogP) is 3.14. The number of H-pyrrole nitrogens is 1. The fourth-order valence-electron chi connectivity index (χ4n) is 2.99. The molecule has 0 unspecified atom stereocenters. The molecule has 0 amide bonds. The highest BCUT2D eigenvalue weighted by atomic mass is 15.3. The summed E-state index contributed by atoms with van der Waals surface area (Å²) in [7, 11) is 0. The number of aromatic nitrogens is 3. The number of rotatable bonds is 5. The van der Waals surface area contributed by atoms with E-state index < -0.39 is 0 Å². The smallest absolute Gasteiger partial charge is 0.117 e. The lowest BCUT2D eigenvalue weighted by atomic mass is 9.89. The lowest BCUT2D eigenvalue weighted by molar-refractivity contribution is 0.341. The molecule has 1 aliphatic rings. The van der Waals surface area contributed by atoms with Crippen molar-refractivity contribution < 1.29 is 0 Å². The first kappa shape index (κ1) is 13.3. The molecule has 1 heterocycles. The third-order valence-electron chi connectivity index (χ3n) is 4.12. The molecule has 1 aliphatic carbocycles. The van der Waals surface area contributed by atoms with Gasteiger partial charge in [-0.15, -0.1) is 0 Å². The molecule has 106 valence electrons. The van der Waals surface area contributed by atoms with E-state index in [9.17, 15) is 0 Å². The molecule has 0 bridgehead atoms. The van der Waals surface area contributed by atoms with Crippen LogP contribution in [0.15, 0.2) is 30.3 Å². The van der Waals surface area contributed by atoms with Gasteiger partial charge >= 0.3 is 0 Å². The zero-order chi connectivity index (χ0) is 13.6. The van der Waals surface area contributed by atoms with E-state index in [0.29, 0.717) is 0 Å². The summed E-state index contributed by atoms with van der Waals surface area (Å²) in [6.07, 6.45) is 6.95. The number of benzene rings is 1. The first-order chi connectivity index (χ1) is 9.93. The van der Waals surface area contributed by atoms with Crippen molar-refractivity contribution in [2.75, 3.05) is 6.54 Å². The third-order valence-corrected chi connectivity index (χ3v) is 4.12. The van der Waals surface area contributed by atoms with E-state index in [2.05, 4.69) is 32.9 Å². The molecule has 0 aliphatic heterocycles. The van der Waals surface area contributed by atoms with E-state index in [1.165, 1.54) is 32.1 Å². The van der Waals surface area contributed by atoms with Crippen LogP contribution in [0.25, 0.3) is 11.3 Å². The average Bonchev–Trinajstić information content (AvgIpc) is 2.98. The van der Waals surface area contributed by atoms with Gasteiger partial charge in [-0.3, -0.25) is 0 Å². The second-order valence-corrected chi connectivity index (χ2v) is 5.62. The van der Waals surface area contributed by atoms with Crippen molar-refractivity contribution in [1.29, 1.82) is 0 Å². The maximum absolute atomic E-state index is 4.28. The van der Waals surface area contributed by atoms with Crippen molar-refractivity contribution >= 4 is 0 Å². The average molecular weight is 270 g/mol. The lowest BCUT2D eigenvalue weighted by Gasteiger charge is -2.21. The van der Waals surface area contributed by atoms with Crippen molar-refractivity contribution in [2.24, 2.45) is 5.92 Å². The summed E-state index contributed by atoms with van der Waals surface area (Å²) in [6, 6.07) is 10.2. The molecule has 1 aromatic carbocycles. The van der Waals surface area contributed by atoms with Gasteiger partial charge in [0.05, 0.1) is 0 Å². The Morgan fingerprint density at radius 3 is 2.65 bits per heavy atom. The Morgan fingerprint density at radius 1 is 1.05 bits per heavy atom. The number of nitrogens with one attached hydrogen (secondary N) is 2. The van der Waals surface area contributed by atoms with Crippen LogP contribution >= 0.6 is 0 Å². The maximum Gasteiger partial charge on any atom is 0.117 e. The van der Waals surface area contributed by atoms with Gasteiger partial charge < -0.3 is 5.32 Å². The highest BCUT2D eigenvalue weighted by Gasteiger charge is 2.14. The SMILES string of the molecule is c1ccc(-c2n[nH]nc2CNCC2CCCCC2)cc1. The molecular formula is C16H22N4. The van der Waals surface area contributed by atoms with Gasteiger partial charge in [0.1, 0.15) is 11.4 Å². The van der Waals surface area contributed by atoms with Gasteiger partial charge in [-0.2, -0.15) is 15.4 Å². The molecule has 0 saturated heterocycles. The first-order valence-corrected chi connectivity index (χ1v) is 7.59. The molecule has 2 N–H and O–H groups in total. The Balaban J connectivity index is 1.57. The fourth-order valence-corrected chi connectivity index (χ4v) is 2.99. The van der Waals surface area contributed by atoms with Crippen molar-refractivity contribution in [3.05, 3.63) is 36.0 Å². The number of hydrogen-bond acceptors (Lipinski definition) is 3. The topological polar surface area (TPSA) is 53.6 Å². The zero-order valence-electron chi connectivity index (χ0n) is 11.8. The van der Waals surface area contributed by atoms with E-state index in [4.69, 9.17) is 0 Å². The summed E-state index contributed by atoms with van der Waals surface area (Å²) < 4.78 is 0. The van der Waals surface area contributed by atoms with Crippen molar-refractivity contribution in [1.82, 2.24) is 20.7 Å². The first-order valence-electron chi connectivity index (χ1n) is 7.59. The molecule has 1 fully saturated rings. The van der Waals surface area contributed by atoms with Crippen LogP contribution < -0.4 is 5.32 Å². The van der Waals surface area contributed by atoms with Gasteiger partial charge in [0.2, 0.25) is 0 Å². The largest absolute Gasteiger partial charge is 0.311 e. The third kappa shape index (κ3) is 3.25. The minimum absolute atomic E-state index is 0.789. The van der Waals surface area contributed by atoms with Crippen LogP contribution in [0, 0.1) is 5.92 Å². The summed E-state index contributed by atoms with van der Waals surface area (Å²) >= 11 is 0. The lowest BCUT2D eigenvalue weighted by Crippen LogP contribution is -2.24. The molecule has 0 radical (unpaired) electrons.